The molecule has 0 amide bonds. The largest absolute Gasteiger partial charge is 0.518 e. The highest BCUT2D eigenvalue weighted by Crippen LogP contribution is 2.33. The average molecular weight is 407 g/mol. The van der Waals surface area contributed by atoms with E-state index in [1.165, 1.54) is 0 Å². The van der Waals surface area contributed by atoms with Crippen molar-refractivity contribution in [3.8, 4) is 6.01 Å². The molecule has 0 aromatic carbocycles. The molecule has 21 heavy (non-hydrogen) atoms. The molecule has 0 saturated heterocycles. The smallest absolute Gasteiger partial charge is 0.304 e. The predicted octanol–water partition coefficient (Wildman–Crippen LogP) is 4.93. The summed E-state index contributed by atoms with van der Waals surface area (Å²) in [6.45, 7) is 20.6. The van der Waals surface area contributed by atoms with Crippen LogP contribution in [0.1, 0.15) is 0 Å². The lowest BCUT2D eigenvalue weighted by Crippen LogP contribution is -2.60. The maximum absolute atomic E-state index is 5.97. The van der Waals surface area contributed by atoms with Crippen molar-refractivity contribution in [2.45, 2.75) is 58.9 Å². The van der Waals surface area contributed by atoms with Crippen molar-refractivity contribution < 1.29 is 4.43 Å². The minimum Gasteiger partial charge on any atom is -0.518 e. The molecule has 1 rings (SSSR count). The van der Waals surface area contributed by atoms with Gasteiger partial charge in [0, 0.05) is 0 Å². The fraction of sp³-hybridized carbons (Fsp3) is 0.692. The first-order valence-electron chi connectivity index (χ1n) is 7.24. The zero-order chi connectivity index (χ0) is 16.6. The van der Waals surface area contributed by atoms with Crippen LogP contribution >= 0.6 is 15.9 Å². The number of nitrogens with zero attached hydrogens (tertiary/aromatic N) is 3. The zero-order valence-electron chi connectivity index (χ0n) is 14.7. The first kappa shape index (κ1) is 18.9. The van der Waals surface area contributed by atoms with E-state index in [1.807, 2.05) is 6.20 Å². The maximum Gasteiger partial charge on any atom is 0.304 e. The maximum atomic E-state index is 5.97. The van der Waals surface area contributed by atoms with Crippen molar-refractivity contribution in [2.24, 2.45) is 0 Å². The molecule has 4 nitrogen and oxygen atoms in total. The van der Waals surface area contributed by atoms with Crippen LogP contribution < -0.4 is 8.66 Å². The molecular formula is C13H28BrN3OSi3. The Morgan fingerprint density at radius 3 is 1.81 bits per heavy atom. The fourth-order valence-electron chi connectivity index (χ4n) is 2.46. The van der Waals surface area contributed by atoms with Crippen molar-refractivity contribution in [1.82, 2.24) is 9.97 Å². The Kier molecular flexibility index (Phi) is 5.51. The van der Waals surface area contributed by atoms with E-state index in [-0.39, 0.29) is 0 Å². The van der Waals surface area contributed by atoms with Gasteiger partial charge in [0.25, 0.3) is 0 Å². The van der Waals surface area contributed by atoms with E-state index in [0.717, 1.165) is 10.3 Å². The van der Waals surface area contributed by atoms with Crippen molar-refractivity contribution >= 4 is 46.5 Å². The lowest BCUT2D eigenvalue weighted by molar-refractivity contribution is 0.509. The molecule has 0 saturated carbocycles. The van der Waals surface area contributed by atoms with E-state index in [9.17, 15) is 0 Å². The van der Waals surface area contributed by atoms with Gasteiger partial charge in [0.15, 0.2) is 0 Å². The van der Waals surface area contributed by atoms with Crippen LogP contribution in [-0.4, -0.2) is 34.8 Å². The third kappa shape index (κ3) is 5.50. The summed E-state index contributed by atoms with van der Waals surface area (Å²) in [6, 6.07) is 0.508. The van der Waals surface area contributed by atoms with Crippen LogP contribution in [0.4, 0.5) is 5.82 Å². The van der Waals surface area contributed by atoms with Crippen LogP contribution in [0.25, 0.3) is 0 Å². The van der Waals surface area contributed by atoms with Gasteiger partial charge < -0.3 is 8.66 Å². The second-order valence-electron chi connectivity index (χ2n) is 8.22. The van der Waals surface area contributed by atoms with Crippen molar-refractivity contribution in [2.75, 3.05) is 4.23 Å². The molecule has 0 aliphatic rings. The van der Waals surface area contributed by atoms with Gasteiger partial charge in [0.05, 0.1) is 10.7 Å². The number of anilines is 1. The lowest BCUT2D eigenvalue weighted by Gasteiger charge is -2.45. The number of aromatic nitrogens is 2. The van der Waals surface area contributed by atoms with Crippen LogP contribution in [0.5, 0.6) is 6.01 Å². The fourth-order valence-corrected chi connectivity index (χ4v) is 13.5. The minimum absolute atomic E-state index is 0.508. The molecule has 1 aromatic rings. The van der Waals surface area contributed by atoms with Crippen LogP contribution in [0.2, 0.25) is 58.9 Å². The third-order valence-electron chi connectivity index (χ3n) is 2.65. The van der Waals surface area contributed by atoms with Gasteiger partial charge in [-0.1, -0.05) is 39.3 Å². The minimum atomic E-state index is -1.70. The molecule has 0 aliphatic heterocycles. The third-order valence-corrected chi connectivity index (χ3v) is 11.1. The zero-order valence-corrected chi connectivity index (χ0v) is 19.3. The van der Waals surface area contributed by atoms with Crippen LogP contribution in [0.3, 0.4) is 0 Å². The Labute approximate surface area is 140 Å². The molecular weight excluding hydrogens is 378 g/mol. The second-order valence-corrected chi connectivity index (χ2v) is 23.5. The average Bonchev–Trinajstić information content (AvgIpc) is 2.16. The highest BCUT2D eigenvalue weighted by Gasteiger charge is 2.37. The second kappa shape index (κ2) is 6.13. The molecule has 0 radical (unpaired) electrons. The number of hydrogen-bond donors (Lipinski definition) is 0. The van der Waals surface area contributed by atoms with Crippen LogP contribution in [0, 0.1) is 0 Å². The van der Waals surface area contributed by atoms with E-state index >= 15 is 0 Å². The summed E-state index contributed by atoms with van der Waals surface area (Å²) in [6.07, 6.45) is 1.82. The van der Waals surface area contributed by atoms with Crippen LogP contribution in [-0.2, 0) is 0 Å². The van der Waals surface area contributed by atoms with E-state index in [4.69, 9.17) is 9.41 Å². The van der Waals surface area contributed by atoms with Crippen molar-refractivity contribution in [3.05, 3.63) is 10.7 Å². The molecule has 0 spiro atoms. The van der Waals surface area contributed by atoms with Gasteiger partial charge in [-0.05, 0) is 35.6 Å². The summed E-state index contributed by atoms with van der Waals surface area (Å²) in [5, 5.41) is 0. The van der Waals surface area contributed by atoms with Gasteiger partial charge in [0.2, 0.25) is 8.32 Å². The van der Waals surface area contributed by atoms with Gasteiger partial charge in [-0.15, -0.1) is 0 Å². The monoisotopic (exact) mass is 405 g/mol. The van der Waals surface area contributed by atoms with E-state index < -0.39 is 24.8 Å². The highest BCUT2D eigenvalue weighted by molar-refractivity contribution is 9.10. The summed E-state index contributed by atoms with van der Waals surface area (Å²) in [4.78, 5) is 9.07. The van der Waals surface area contributed by atoms with Gasteiger partial charge >= 0.3 is 6.01 Å². The van der Waals surface area contributed by atoms with Gasteiger partial charge in [-0.3, -0.25) is 0 Å². The van der Waals surface area contributed by atoms with E-state index in [2.05, 4.69) is 84.1 Å². The summed E-state index contributed by atoms with van der Waals surface area (Å²) in [5.74, 6) is 0.997. The predicted molar refractivity (Wildman–Crippen MR) is 103 cm³/mol. The highest BCUT2D eigenvalue weighted by atomic mass is 79.9. The molecule has 0 N–H and O–H groups in total. The molecule has 120 valence electrons. The molecule has 0 aliphatic carbocycles. The molecule has 0 bridgehead atoms. The SMILES string of the molecule is C[Si](C)(C)Oc1ncc(Br)c(N([Si](C)(C)C)[Si](C)(C)C)n1. The van der Waals surface area contributed by atoms with Crippen molar-refractivity contribution in [1.29, 1.82) is 0 Å². The van der Waals surface area contributed by atoms with E-state index in [0.29, 0.717) is 6.01 Å². The molecule has 1 heterocycles. The topological polar surface area (TPSA) is 38.2 Å². The van der Waals surface area contributed by atoms with Gasteiger partial charge in [0.1, 0.15) is 22.3 Å². The summed E-state index contributed by atoms with van der Waals surface area (Å²) in [7, 11) is -4.79. The molecule has 0 unspecified atom stereocenters. The van der Waals surface area contributed by atoms with Crippen LogP contribution in [0.15, 0.2) is 10.7 Å². The number of rotatable bonds is 5. The first-order chi connectivity index (χ1) is 9.22. The lowest BCUT2D eigenvalue weighted by atomic mass is 10.6. The Morgan fingerprint density at radius 2 is 1.43 bits per heavy atom. The molecule has 8 heteroatoms. The number of halogens is 1. The van der Waals surface area contributed by atoms with E-state index in [1.54, 1.807) is 0 Å². The molecule has 0 fully saturated rings. The Balaban J connectivity index is 3.35. The Hall–Kier alpha value is -0.189. The summed E-state index contributed by atoms with van der Waals surface area (Å²) >= 11 is 3.63. The normalized spacial score (nSPS) is 13.2. The quantitative estimate of drug-likeness (QED) is 0.650. The number of hydrogen-bond acceptors (Lipinski definition) is 4. The van der Waals surface area contributed by atoms with Crippen molar-refractivity contribution in [3.63, 3.8) is 0 Å². The van der Waals surface area contributed by atoms with Gasteiger partial charge in [-0.2, -0.15) is 4.98 Å². The van der Waals surface area contributed by atoms with Gasteiger partial charge in [-0.25, -0.2) is 4.98 Å². The molecule has 1 aromatic heterocycles. The summed E-state index contributed by atoms with van der Waals surface area (Å²) in [5.41, 5.74) is 0. The summed E-state index contributed by atoms with van der Waals surface area (Å²) < 4.78 is 9.50. The first-order valence-corrected chi connectivity index (χ1v) is 18.3. The molecule has 0 atom stereocenters. The Morgan fingerprint density at radius 1 is 0.952 bits per heavy atom. The standard InChI is InChI=1S/C13H28BrN3OSi3/c1-19(2,3)17(20(4,5)6)12-11(14)10-15-13(16-12)18-21(7,8)9/h10H,1-9H3. The Bertz CT molecular complexity index is 493.